The van der Waals surface area contributed by atoms with Gasteiger partial charge in [0.15, 0.2) is 0 Å². The fourth-order valence-corrected chi connectivity index (χ4v) is 3.06. The lowest BCUT2D eigenvalue weighted by Gasteiger charge is -2.23. The minimum absolute atomic E-state index is 0.0532. The summed E-state index contributed by atoms with van der Waals surface area (Å²) in [6, 6.07) is 13.9. The van der Waals surface area contributed by atoms with E-state index in [4.69, 9.17) is 0 Å². The van der Waals surface area contributed by atoms with Gasteiger partial charge < -0.3 is 9.80 Å². The van der Waals surface area contributed by atoms with Gasteiger partial charge in [0.05, 0.1) is 5.69 Å². The van der Waals surface area contributed by atoms with Crippen molar-refractivity contribution in [2.75, 3.05) is 22.9 Å². The normalized spacial score (nSPS) is 12.8. The number of para-hydroxylation sites is 2. The van der Waals surface area contributed by atoms with Gasteiger partial charge in [-0.1, -0.05) is 30.3 Å². The minimum Gasteiger partial charge on any atom is -0.312 e. The van der Waals surface area contributed by atoms with Crippen LogP contribution < -0.4 is 9.80 Å². The number of benzene rings is 2. The molecule has 24 heavy (non-hydrogen) atoms. The van der Waals surface area contributed by atoms with Gasteiger partial charge in [0.2, 0.25) is 11.8 Å². The average Bonchev–Trinajstić information content (AvgIpc) is 3.00. The topological polar surface area (TPSA) is 40.6 Å². The van der Waals surface area contributed by atoms with E-state index in [1.807, 2.05) is 24.3 Å². The first kappa shape index (κ1) is 16.2. The first-order valence-electron chi connectivity index (χ1n) is 7.99. The highest BCUT2D eigenvalue weighted by Crippen LogP contribution is 2.28. The van der Waals surface area contributed by atoms with Crippen molar-refractivity contribution in [3.05, 3.63) is 59.9 Å². The third-order valence-corrected chi connectivity index (χ3v) is 4.26. The van der Waals surface area contributed by atoms with Crippen molar-refractivity contribution in [3.8, 4) is 0 Å². The van der Waals surface area contributed by atoms with Gasteiger partial charge in [-0.3, -0.25) is 9.59 Å². The Morgan fingerprint density at radius 3 is 2.58 bits per heavy atom. The van der Waals surface area contributed by atoms with Crippen LogP contribution in [0.3, 0.4) is 0 Å². The van der Waals surface area contributed by atoms with Crippen LogP contribution in [0.4, 0.5) is 15.8 Å². The molecule has 5 heteroatoms. The van der Waals surface area contributed by atoms with Crippen molar-refractivity contribution < 1.29 is 14.0 Å². The number of anilines is 2. The molecule has 2 aromatic carbocycles. The first-order valence-corrected chi connectivity index (χ1v) is 7.99. The van der Waals surface area contributed by atoms with Gasteiger partial charge in [0.1, 0.15) is 5.82 Å². The summed E-state index contributed by atoms with van der Waals surface area (Å²) < 4.78 is 13.9. The molecule has 0 aliphatic carbocycles. The molecular formula is C19H19FN2O2. The maximum absolute atomic E-state index is 13.9. The molecule has 4 nitrogen and oxygen atoms in total. The zero-order valence-corrected chi connectivity index (χ0v) is 13.5. The van der Waals surface area contributed by atoms with E-state index in [2.05, 4.69) is 0 Å². The number of hydrogen-bond donors (Lipinski definition) is 0. The Morgan fingerprint density at radius 2 is 1.83 bits per heavy atom. The molecule has 124 valence electrons. The molecule has 0 aromatic heterocycles. The SMILES string of the molecule is CC(=O)N(CCC(=O)N1CCc2ccccc21)c1ccccc1F. The maximum Gasteiger partial charge on any atom is 0.228 e. The van der Waals surface area contributed by atoms with E-state index in [0.717, 1.165) is 17.7 Å². The number of rotatable bonds is 4. The van der Waals surface area contributed by atoms with Crippen molar-refractivity contribution in [2.45, 2.75) is 19.8 Å². The van der Waals surface area contributed by atoms with E-state index in [1.165, 1.54) is 17.9 Å². The highest BCUT2D eigenvalue weighted by Gasteiger charge is 2.25. The van der Waals surface area contributed by atoms with Gasteiger partial charge in [-0.15, -0.1) is 0 Å². The number of fused-ring (bicyclic) bond motifs is 1. The lowest BCUT2D eigenvalue weighted by molar-refractivity contribution is -0.118. The monoisotopic (exact) mass is 326 g/mol. The molecule has 1 heterocycles. The lowest BCUT2D eigenvalue weighted by Crippen LogP contribution is -2.36. The molecule has 1 aliphatic rings. The Hall–Kier alpha value is -2.69. The van der Waals surface area contributed by atoms with Crippen molar-refractivity contribution in [2.24, 2.45) is 0 Å². The van der Waals surface area contributed by atoms with Gasteiger partial charge in [-0.05, 0) is 30.2 Å². The van der Waals surface area contributed by atoms with Crippen LogP contribution >= 0.6 is 0 Å². The number of hydrogen-bond acceptors (Lipinski definition) is 2. The predicted octanol–water partition coefficient (Wildman–Crippen LogP) is 3.16. The number of carbonyl (C=O) groups excluding carboxylic acids is 2. The van der Waals surface area contributed by atoms with Crippen LogP contribution in [0.25, 0.3) is 0 Å². The van der Waals surface area contributed by atoms with Gasteiger partial charge in [0, 0.05) is 32.1 Å². The Kier molecular flexibility index (Phi) is 4.60. The van der Waals surface area contributed by atoms with Gasteiger partial charge in [0.25, 0.3) is 0 Å². The molecule has 0 spiro atoms. The van der Waals surface area contributed by atoms with E-state index in [-0.39, 0.29) is 30.5 Å². The predicted molar refractivity (Wildman–Crippen MR) is 91.5 cm³/mol. The van der Waals surface area contributed by atoms with E-state index in [0.29, 0.717) is 6.54 Å². The third kappa shape index (κ3) is 3.15. The zero-order chi connectivity index (χ0) is 17.1. The minimum atomic E-state index is -0.466. The molecule has 0 bridgehead atoms. The molecule has 2 amide bonds. The smallest absolute Gasteiger partial charge is 0.228 e. The second kappa shape index (κ2) is 6.83. The number of amides is 2. The van der Waals surface area contributed by atoms with Gasteiger partial charge >= 0.3 is 0 Å². The summed E-state index contributed by atoms with van der Waals surface area (Å²) in [4.78, 5) is 27.5. The van der Waals surface area contributed by atoms with Crippen LogP contribution in [0.5, 0.6) is 0 Å². The summed E-state index contributed by atoms with van der Waals surface area (Å²) in [6.45, 7) is 2.19. The zero-order valence-electron chi connectivity index (χ0n) is 13.5. The average molecular weight is 326 g/mol. The number of halogens is 1. The lowest BCUT2D eigenvalue weighted by atomic mass is 10.2. The van der Waals surface area contributed by atoms with Crippen LogP contribution in [0.15, 0.2) is 48.5 Å². The summed E-state index contributed by atoms with van der Waals surface area (Å²) in [6.07, 6.45) is 0.994. The van der Waals surface area contributed by atoms with Gasteiger partial charge in [-0.25, -0.2) is 4.39 Å². The molecule has 0 saturated heterocycles. The van der Waals surface area contributed by atoms with E-state index in [1.54, 1.807) is 23.1 Å². The molecule has 0 radical (unpaired) electrons. The van der Waals surface area contributed by atoms with E-state index >= 15 is 0 Å². The van der Waals surface area contributed by atoms with Crippen molar-refractivity contribution in [1.82, 2.24) is 0 Å². The summed E-state index contributed by atoms with van der Waals surface area (Å²) in [5.41, 5.74) is 2.30. The van der Waals surface area contributed by atoms with E-state index in [9.17, 15) is 14.0 Å². The fourth-order valence-electron chi connectivity index (χ4n) is 3.06. The standard InChI is InChI=1S/C19H19FN2O2/c1-14(23)21(18-9-5-3-7-16(18)20)13-11-19(24)22-12-10-15-6-2-4-8-17(15)22/h2-9H,10-13H2,1H3. The maximum atomic E-state index is 13.9. The Bertz CT molecular complexity index is 775. The van der Waals surface area contributed by atoms with Crippen LogP contribution in [0.1, 0.15) is 18.9 Å². The third-order valence-electron chi connectivity index (χ3n) is 4.26. The van der Waals surface area contributed by atoms with Crippen LogP contribution in [-0.2, 0) is 16.0 Å². The highest BCUT2D eigenvalue weighted by atomic mass is 19.1. The molecule has 2 aromatic rings. The molecule has 0 saturated carbocycles. The molecule has 0 fully saturated rings. The Labute approximate surface area is 140 Å². The molecule has 0 atom stereocenters. The Morgan fingerprint density at radius 1 is 1.12 bits per heavy atom. The molecule has 0 N–H and O–H groups in total. The summed E-state index contributed by atoms with van der Waals surface area (Å²) >= 11 is 0. The largest absolute Gasteiger partial charge is 0.312 e. The van der Waals surface area contributed by atoms with Crippen LogP contribution in [0, 0.1) is 5.82 Å². The van der Waals surface area contributed by atoms with Crippen LogP contribution in [0.2, 0.25) is 0 Å². The van der Waals surface area contributed by atoms with Crippen molar-refractivity contribution in [1.29, 1.82) is 0 Å². The van der Waals surface area contributed by atoms with Crippen molar-refractivity contribution in [3.63, 3.8) is 0 Å². The second-order valence-corrected chi connectivity index (χ2v) is 5.80. The first-order chi connectivity index (χ1) is 11.6. The second-order valence-electron chi connectivity index (χ2n) is 5.80. The Balaban J connectivity index is 1.71. The summed E-state index contributed by atoms with van der Waals surface area (Å²) in [7, 11) is 0. The van der Waals surface area contributed by atoms with E-state index < -0.39 is 5.82 Å². The molecule has 1 aliphatic heterocycles. The van der Waals surface area contributed by atoms with Crippen LogP contribution in [-0.4, -0.2) is 24.9 Å². The highest BCUT2D eigenvalue weighted by molar-refractivity contribution is 5.97. The number of carbonyl (C=O) groups is 2. The fraction of sp³-hybridized carbons (Fsp3) is 0.263. The van der Waals surface area contributed by atoms with Crippen molar-refractivity contribution >= 4 is 23.2 Å². The summed E-state index contributed by atoms with van der Waals surface area (Å²) in [5.74, 6) is -0.802. The molecule has 0 unspecified atom stereocenters. The quantitative estimate of drug-likeness (QED) is 0.866. The van der Waals surface area contributed by atoms with Gasteiger partial charge in [-0.2, -0.15) is 0 Å². The number of nitrogens with zero attached hydrogens (tertiary/aromatic N) is 2. The molecule has 3 rings (SSSR count). The molecular weight excluding hydrogens is 307 g/mol. The summed E-state index contributed by atoms with van der Waals surface area (Å²) in [5, 5.41) is 0.